The first-order valence-electron chi connectivity index (χ1n) is 10.3. The van der Waals surface area contributed by atoms with E-state index in [0.29, 0.717) is 32.7 Å². The maximum Gasteiger partial charge on any atom is 0.417 e. The molecule has 0 unspecified atom stereocenters. The number of nitrogens with zero attached hydrogens (tertiary/aromatic N) is 2. The lowest BCUT2D eigenvalue weighted by Gasteiger charge is -2.34. The molecule has 1 saturated heterocycles. The van der Waals surface area contributed by atoms with Gasteiger partial charge < -0.3 is 15.5 Å². The van der Waals surface area contributed by atoms with Gasteiger partial charge in [0.1, 0.15) is 5.82 Å². The molecule has 2 N–H and O–H groups in total. The van der Waals surface area contributed by atoms with Crippen LogP contribution in [0.25, 0.3) is 0 Å². The SMILES string of the molecule is O=C(CN1CCN(CCC(=O)Nc2ccccc2F)CC1)Nc1ccc(Cl)c(C(F)(F)F)c1. The van der Waals surface area contributed by atoms with Crippen LogP contribution >= 0.6 is 11.6 Å². The molecule has 33 heavy (non-hydrogen) atoms. The molecule has 2 aromatic carbocycles. The van der Waals surface area contributed by atoms with Gasteiger partial charge in [-0.05, 0) is 30.3 Å². The van der Waals surface area contributed by atoms with Crippen molar-refractivity contribution in [3.8, 4) is 0 Å². The van der Waals surface area contributed by atoms with E-state index < -0.39 is 28.5 Å². The van der Waals surface area contributed by atoms with Gasteiger partial charge in [0, 0.05) is 44.8 Å². The van der Waals surface area contributed by atoms with E-state index in [4.69, 9.17) is 11.6 Å². The third-order valence-electron chi connectivity index (χ3n) is 5.19. The highest BCUT2D eigenvalue weighted by atomic mass is 35.5. The van der Waals surface area contributed by atoms with Crippen LogP contribution < -0.4 is 10.6 Å². The number of carbonyl (C=O) groups is 2. The van der Waals surface area contributed by atoms with Gasteiger partial charge in [0.2, 0.25) is 11.8 Å². The number of halogens is 5. The summed E-state index contributed by atoms with van der Waals surface area (Å²) in [6.45, 7) is 2.91. The second kappa shape index (κ2) is 11.0. The number of nitrogens with one attached hydrogen (secondary N) is 2. The molecule has 1 fully saturated rings. The van der Waals surface area contributed by atoms with Crippen LogP contribution in [0.1, 0.15) is 12.0 Å². The Balaban J connectivity index is 1.40. The highest BCUT2D eigenvalue weighted by molar-refractivity contribution is 6.31. The van der Waals surface area contributed by atoms with E-state index in [1.54, 1.807) is 12.1 Å². The van der Waals surface area contributed by atoms with Gasteiger partial charge in [-0.3, -0.25) is 14.5 Å². The summed E-state index contributed by atoms with van der Waals surface area (Å²) in [7, 11) is 0. The summed E-state index contributed by atoms with van der Waals surface area (Å²) in [5.74, 6) is -1.21. The Bertz CT molecular complexity index is 995. The van der Waals surface area contributed by atoms with Gasteiger partial charge in [0.05, 0.1) is 22.8 Å². The fraction of sp³-hybridized carbons (Fsp3) is 0.364. The van der Waals surface area contributed by atoms with Crippen molar-refractivity contribution in [2.45, 2.75) is 12.6 Å². The Kier molecular flexibility index (Phi) is 8.28. The van der Waals surface area contributed by atoms with Crippen LogP contribution in [-0.4, -0.2) is 60.9 Å². The molecule has 2 amide bonds. The Morgan fingerprint density at radius 1 is 0.939 bits per heavy atom. The number of benzene rings is 2. The summed E-state index contributed by atoms with van der Waals surface area (Å²) in [5.41, 5.74) is -0.841. The summed E-state index contributed by atoms with van der Waals surface area (Å²) < 4.78 is 52.5. The topological polar surface area (TPSA) is 64.7 Å². The fourth-order valence-electron chi connectivity index (χ4n) is 3.43. The van der Waals surface area contributed by atoms with Gasteiger partial charge >= 0.3 is 6.18 Å². The minimum Gasteiger partial charge on any atom is -0.325 e. The van der Waals surface area contributed by atoms with Crippen molar-refractivity contribution in [1.82, 2.24) is 9.80 Å². The van der Waals surface area contributed by atoms with Gasteiger partial charge in [-0.2, -0.15) is 13.2 Å². The van der Waals surface area contributed by atoms with Crippen molar-refractivity contribution in [1.29, 1.82) is 0 Å². The Morgan fingerprint density at radius 2 is 1.61 bits per heavy atom. The van der Waals surface area contributed by atoms with Crippen LogP contribution in [0.3, 0.4) is 0 Å². The zero-order chi connectivity index (χ0) is 24.0. The molecule has 0 aliphatic carbocycles. The lowest BCUT2D eigenvalue weighted by Crippen LogP contribution is -2.49. The highest BCUT2D eigenvalue weighted by Crippen LogP contribution is 2.36. The van der Waals surface area contributed by atoms with Gasteiger partial charge in [-0.1, -0.05) is 23.7 Å². The summed E-state index contributed by atoms with van der Waals surface area (Å²) in [6, 6.07) is 9.17. The highest BCUT2D eigenvalue weighted by Gasteiger charge is 2.33. The first kappa shape index (κ1) is 24.9. The van der Waals surface area contributed by atoms with Crippen LogP contribution in [-0.2, 0) is 15.8 Å². The number of rotatable bonds is 7. The largest absolute Gasteiger partial charge is 0.417 e. The summed E-state index contributed by atoms with van der Waals surface area (Å²) in [4.78, 5) is 28.3. The molecule has 11 heteroatoms. The molecule has 3 rings (SSSR count). The first-order valence-corrected chi connectivity index (χ1v) is 10.7. The Morgan fingerprint density at radius 3 is 2.27 bits per heavy atom. The van der Waals surface area contributed by atoms with E-state index in [9.17, 15) is 27.2 Å². The molecule has 1 heterocycles. The molecule has 1 aliphatic heterocycles. The maximum atomic E-state index is 13.6. The second-order valence-corrected chi connectivity index (χ2v) is 8.04. The van der Waals surface area contributed by atoms with Gasteiger partial charge in [0.25, 0.3) is 0 Å². The Hall–Kier alpha value is -2.69. The molecule has 178 valence electrons. The molecule has 0 aromatic heterocycles. The quantitative estimate of drug-likeness (QED) is 0.579. The van der Waals surface area contributed by atoms with Crippen molar-refractivity contribution < 1.29 is 27.2 Å². The molecule has 0 radical (unpaired) electrons. The number of hydrogen-bond donors (Lipinski definition) is 2. The number of alkyl halides is 3. The maximum absolute atomic E-state index is 13.6. The first-order chi connectivity index (χ1) is 15.6. The van der Waals surface area contributed by atoms with E-state index in [2.05, 4.69) is 15.5 Å². The van der Waals surface area contributed by atoms with Crippen LogP contribution in [0, 0.1) is 5.82 Å². The molecule has 0 atom stereocenters. The van der Waals surface area contributed by atoms with E-state index in [1.807, 2.05) is 4.90 Å². The van der Waals surface area contributed by atoms with E-state index in [1.165, 1.54) is 18.2 Å². The van der Waals surface area contributed by atoms with E-state index >= 15 is 0 Å². The van der Waals surface area contributed by atoms with Gasteiger partial charge in [0.15, 0.2) is 0 Å². The normalized spacial score (nSPS) is 15.3. The summed E-state index contributed by atoms with van der Waals surface area (Å²) in [6.07, 6.45) is -4.41. The van der Waals surface area contributed by atoms with Crippen LogP contribution in [0.4, 0.5) is 28.9 Å². The lowest BCUT2D eigenvalue weighted by molar-refractivity contribution is -0.137. The molecule has 0 spiro atoms. The van der Waals surface area contributed by atoms with Gasteiger partial charge in [-0.15, -0.1) is 0 Å². The number of amides is 2. The average molecular weight is 487 g/mol. The zero-order valence-corrected chi connectivity index (χ0v) is 18.3. The number of para-hydroxylation sites is 1. The third kappa shape index (κ3) is 7.41. The molecule has 1 aliphatic rings. The average Bonchev–Trinajstić information content (AvgIpc) is 2.75. The number of hydrogen-bond acceptors (Lipinski definition) is 4. The molecule has 0 saturated carbocycles. The standard InChI is InChI=1S/C22H23ClF4N4O2/c23-17-6-5-15(13-16(17)22(25,26)27)28-21(33)14-31-11-9-30(10-12-31)8-7-20(32)29-19-4-2-1-3-18(19)24/h1-6,13H,7-12,14H2,(H,28,33)(H,29,32). The predicted molar refractivity (Wildman–Crippen MR) is 118 cm³/mol. The van der Waals surface area contributed by atoms with Crippen LogP contribution in [0.5, 0.6) is 0 Å². The number of piperazine rings is 1. The Labute approximate surface area is 193 Å². The molecule has 6 nitrogen and oxygen atoms in total. The van der Waals surface area contributed by atoms with Crippen molar-refractivity contribution in [2.75, 3.05) is 49.9 Å². The summed E-state index contributed by atoms with van der Waals surface area (Å²) in [5, 5.41) is 4.58. The minimum absolute atomic E-state index is 0.0243. The van der Waals surface area contributed by atoms with Crippen molar-refractivity contribution in [3.05, 3.63) is 58.9 Å². The van der Waals surface area contributed by atoms with E-state index in [-0.39, 0.29) is 30.2 Å². The molecular weight excluding hydrogens is 464 g/mol. The lowest BCUT2D eigenvalue weighted by atomic mass is 10.2. The predicted octanol–water partition coefficient (Wildman–Crippen LogP) is 4.08. The second-order valence-electron chi connectivity index (χ2n) is 7.64. The smallest absolute Gasteiger partial charge is 0.325 e. The van der Waals surface area contributed by atoms with E-state index in [0.717, 1.165) is 12.1 Å². The number of anilines is 2. The van der Waals surface area contributed by atoms with Crippen LogP contribution in [0.2, 0.25) is 5.02 Å². The summed E-state index contributed by atoms with van der Waals surface area (Å²) >= 11 is 5.59. The van der Waals surface area contributed by atoms with Crippen molar-refractivity contribution in [2.24, 2.45) is 0 Å². The molecular formula is C22H23ClF4N4O2. The third-order valence-corrected chi connectivity index (χ3v) is 5.52. The fourth-order valence-corrected chi connectivity index (χ4v) is 3.65. The van der Waals surface area contributed by atoms with Crippen molar-refractivity contribution in [3.63, 3.8) is 0 Å². The molecule has 0 bridgehead atoms. The number of carbonyl (C=O) groups excluding carboxylic acids is 2. The van der Waals surface area contributed by atoms with Crippen LogP contribution in [0.15, 0.2) is 42.5 Å². The zero-order valence-electron chi connectivity index (χ0n) is 17.6. The van der Waals surface area contributed by atoms with Gasteiger partial charge in [-0.25, -0.2) is 4.39 Å². The molecule has 2 aromatic rings. The van der Waals surface area contributed by atoms with Crippen molar-refractivity contribution >= 4 is 34.8 Å². The monoisotopic (exact) mass is 486 g/mol. The minimum atomic E-state index is -4.61.